The maximum atomic E-state index is 12.2. The van der Waals surface area contributed by atoms with Gasteiger partial charge in [0.2, 0.25) is 0 Å². The number of hydrogen-bond donors (Lipinski definition) is 1. The summed E-state index contributed by atoms with van der Waals surface area (Å²) in [5.74, 6) is -0.406. The Hall–Kier alpha value is -3.39. The summed E-state index contributed by atoms with van der Waals surface area (Å²) >= 11 is 0. The van der Waals surface area contributed by atoms with Crippen molar-refractivity contribution in [1.29, 1.82) is 5.26 Å². The monoisotopic (exact) mass is 387 g/mol. The SMILES string of the molecule is CCCCc1c(Cc2cn[nH]c2C(=O)OCC)ccc(-c2ccccc2)c1C#N. The van der Waals surface area contributed by atoms with E-state index in [-0.39, 0.29) is 0 Å². The number of unbranched alkanes of at least 4 members (excludes halogenated alkanes) is 1. The van der Waals surface area contributed by atoms with Crippen LogP contribution < -0.4 is 0 Å². The molecule has 0 saturated heterocycles. The van der Waals surface area contributed by atoms with Gasteiger partial charge in [-0.3, -0.25) is 5.10 Å². The number of carbonyl (C=O) groups is 1. The highest BCUT2D eigenvalue weighted by Gasteiger charge is 2.19. The van der Waals surface area contributed by atoms with E-state index >= 15 is 0 Å². The fraction of sp³-hybridized carbons (Fsp3) is 0.292. The Balaban J connectivity index is 2.05. The van der Waals surface area contributed by atoms with Crippen LogP contribution in [-0.2, 0) is 17.6 Å². The summed E-state index contributed by atoms with van der Waals surface area (Å²) in [4.78, 5) is 12.2. The molecule has 0 amide bonds. The van der Waals surface area contributed by atoms with Crippen LogP contribution in [0.15, 0.2) is 48.7 Å². The minimum Gasteiger partial charge on any atom is -0.461 e. The Morgan fingerprint density at radius 2 is 1.93 bits per heavy atom. The summed E-state index contributed by atoms with van der Waals surface area (Å²) in [5.41, 5.74) is 5.93. The lowest BCUT2D eigenvalue weighted by Gasteiger charge is -2.15. The van der Waals surface area contributed by atoms with Crippen molar-refractivity contribution in [3.05, 3.63) is 76.6 Å². The fourth-order valence-corrected chi connectivity index (χ4v) is 3.51. The van der Waals surface area contributed by atoms with E-state index in [4.69, 9.17) is 4.74 Å². The lowest BCUT2D eigenvalue weighted by Crippen LogP contribution is -2.09. The number of nitriles is 1. The Morgan fingerprint density at radius 1 is 1.14 bits per heavy atom. The van der Waals surface area contributed by atoms with E-state index in [9.17, 15) is 10.1 Å². The number of rotatable bonds is 8. The molecule has 0 radical (unpaired) electrons. The maximum absolute atomic E-state index is 12.2. The zero-order valence-electron chi connectivity index (χ0n) is 16.9. The average Bonchev–Trinajstić information content (AvgIpc) is 3.21. The minimum atomic E-state index is -0.406. The van der Waals surface area contributed by atoms with Crippen LogP contribution in [0.1, 0.15) is 59.4 Å². The van der Waals surface area contributed by atoms with Crippen molar-refractivity contribution < 1.29 is 9.53 Å². The lowest BCUT2D eigenvalue weighted by molar-refractivity contribution is 0.0518. The Labute approximate surface area is 171 Å². The largest absolute Gasteiger partial charge is 0.461 e. The number of aromatic nitrogens is 2. The van der Waals surface area contributed by atoms with Crippen molar-refractivity contribution >= 4 is 5.97 Å². The Bertz CT molecular complexity index is 1020. The van der Waals surface area contributed by atoms with Gasteiger partial charge in [0, 0.05) is 12.0 Å². The fourth-order valence-electron chi connectivity index (χ4n) is 3.51. The molecule has 3 rings (SSSR count). The zero-order valence-corrected chi connectivity index (χ0v) is 16.9. The third-order valence-electron chi connectivity index (χ3n) is 4.97. The number of esters is 1. The number of nitrogens with one attached hydrogen (secondary N) is 1. The maximum Gasteiger partial charge on any atom is 0.356 e. The van der Waals surface area contributed by atoms with Gasteiger partial charge >= 0.3 is 5.97 Å². The van der Waals surface area contributed by atoms with Gasteiger partial charge < -0.3 is 4.74 Å². The normalized spacial score (nSPS) is 10.5. The molecule has 29 heavy (non-hydrogen) atoms. The molecule has 0 aliphatic heterocycles. The van der Waals surface area contributed by atoms with Crippen LogP contribution in [0.2, 0.25) is 0 Å². The molecule has 0 unspecified atom stereocenters. The predicted octanol–water partition coefficient (Wildman–Crippen LogP) is 5.06. The molecule has 3 aromatic rings. The van der Waals surface area contributed by atoms with Gasteiger partial charge in [-0.25, -0.2) is 4.79 Å². The molecule has 0 aliphatic rings. The Morgan fingerprint density at radius 3 is 2.62 bits per heavy atom. The molecule has 1 aromatic heterocycles. The summed E-state index contributed by atoms with van der Waals surface area (Å²) in [6.07, 6.45) is 5.04. The number of ether oxygens (including phenoxy) is 1. The van der Waals surface area contributed by atoms with Crippen molar-refractivity contribution in [2.45, 2.75) is 39.5 Å². The number of benzene rings is 2. The molecule has 1 N–H and O–H groups in total. The zero-order chi connectivity index (χ0) is 20.6. The summed E-state index contributed by atoms with van der Waals surface area (Å²) in [6.45, 7) is 4.23. The van der Waals surface area contributed by atoms with Gasteiger partial charge in [0.1, 0.15) is 11.8 Å². The van der Waals surface area contributed by atoms with Gasteiger partial charge in [-0.05, 0) is 42.0 Å². The van der Waals surface area contributed by atoms with Crippen molar-refractivity contribution in [3.63, 3.8) is 0 Å². The quantitative estimate of drug-likeness (QED) is 0.548. The van der Waals surface area contributed by atoms with E-state index < -0.39 is 5.97 Å². The first kappa shape index (κ1) is 20.3. The predicted molar refractivity (Wildman–Crippen MR) is 113 cm³/mol. The average molecular weight is 387 g/mol. The number of hydrogen-bond acceptors (Lipinski definition) is 4. The second-order valence-corrected chi connectivity index (χ2v) is 6.87. The molecule has 5 nitrogen and oxygen atoms in total. The summed E-state index contributed by atoms with van der Waals surface area (Å²) in [7, 11) is 0. The van der Waals surface area contributed by atoms with Crippen LogP contribution in [0.4, 0.5) is 0 Å². The van der Waals surface area contributed by atoms with Crippen LogP contribution in [0.5, 0.6) is 0 Å². The van der Waals surface area contributed by atoms with Crippen LogP contribution >= 0.6 is 0 Å². The van der Waals surface area contributed by atoms with Crippen molar-refractivity contribution in [2.24, 2.45) is 0 Å². The van der Waals surface area contributed by atoms with Crippen molar-refractivity contribution in [2.75, 3.05) is 6.61 Å². The van der Waals surface area contributed by atoms with E-state index in [1.54, 1.807) is 13.1 Å². The minimum absolute atomic E-state index is 0.309. The second kappa shape index (κ2) is 9.70. The van der Waals surface area contributed by atoms with Gasteiger partial charge in [0.05, 0.1) is 18.4 Å². The smallest absolute Gasteiger partial charge is 0.356 e. The first-order chi connectivity index (χ1) is 14.2. The highest BCUT2D eigenvalue weighted by Crippen LogP contribution is 2.30. The first-order valence-electron chi connectivity index (χ1n) is 9.99. The molecule has 0 fully saturated rings. The highest BCUT2D eigenvalue weighted by molar-refractivity contribution is 5.89. The van der Waals surface area contributed by atoms with E-state index in [1.807, 2.05) is 36.4 Å². The molecule has 5 heteroatoms. The van der Waals surface area contributed by atoms with Crippen LogP contribution in [0, 0.1) is 11.3 Å². The topological polar surface area (TPSA) is 78.8 Å². The molecule has 2 aromatic carbocycles. The summed E-state index contributed by atoms with van der Waals surface area (Å²) in [5, 5.41) is 16.8. The van der Waals surface area contributed by atoms with E-state index in [2.05, 4.69) is 29.3 Å². The molecule has 0 spiro atoms. The van der Waals surface area contributed by atoms with Crippen molar-refractivity contribution in [1.82, 2.24) is 10.2 Å². The summed E-state index contributed by atoms with van der Waals surface area (Å²) in [6, 6.07) is 16.5. The van der Waals surface area contributed by atoms with Gasteiger partial charge in [-0.15, -0.1) is 0 Å². The third-order valence-corrected chi connectivity index (χ3v) is 4.97. The number of H-pyrrole nitrogens is 1. The van der Waals surface area contributed by atoms with Gasteiger partial charge in [0.25, 0.3) is 0 Å². The molecule has 148 valence electrons. The van der Waals surface area contributed by atoms with E-state index in [0.29, 0.717) is 24.3 Å². The van der Waals surface area contributed by atoms with Crippen LogP contribution in [0.25, 0.3) is 11.1 Å². The molecule has 0 aliphatic carbocycles. The first-order valence-corrected chi connectivity index (χ1v) is 9.99. The molecule has 1 heterocycles. The van der Waals surface area contributed by atoms with Crippen LogP contribution in [0.3, 0.4) is 0 Å². The summed E-state index contributed by atoms with van der Waals surface area (Å²) < 4.78 is 5.12. The van der Waals surface area contributed by atoms with Crippen molar-refractivity contribution in [3.8, 4) is 17.2 Å². The van der Waals surface area contributed by atoms with Crippen LogP contribution in [-0.4, -0.2) is 22.8 Å². The molecule has 0 saturated carbocycles. The highest BCUT2D eigenvalue weighted by atomic mass is 16.5. The second-order valence-electron chi connectivity index (χ2n) is 6.87. The standard InChI is InChI=1S/C24H25N3O2/c1-3-5-11-20-18(14-19-16-26-27-23(19)24(28)29-4-2)12-13-21(22(20)15-25)17-9-7-6-8-10-17/h6-10,12-13,16H,3-5,11,14H2,1-2H3,(H,26,27). The number of nitrogens with zero attached hydrogens (tertiary/aromatic N) is 2. The Kier molecular flexibility index (Phi) is 6.80. The van der Waals surface area contributed by atoms with Gasteiger partial charge in [-0.1, -0.05) is 55.8 Å². The number of carbonyl (C=O) groups excluding carboxylic acids is 1. The van der Waals surface area contributed by atoms with Gasteiger partial charge in [0.15, 0.2) is 0 Å². The van der Waals surface area contributed by atoms with E-state index in [1.165, 1.54) is 0 Å². The van der Waals surface area contributed by atoms with E-state index in [0.717, 1.165) is 47.1 Å². The molecular formula is C24H25N3O2. The lowest BCUT2D eigenvalue weighted by atomic mass is 9.88. The van der Waals surface area contributed by atoms with Gasteiger partial charge in [-0.2, -0.15) is 10.4 Å². The molecular weight excluding hydrogens is 362 g/mol. The molecule has 0 bridgehead atoms. The molecule has 0 atom stereocenters. The third kappa shape index (κ3) is 4.55. The number of aromatic amines is 1.